The van der Waals surface area contributed by atoms with Crippen LogP contribution in [0.1, 0.15) is 0 Å². The predicted octanol–water partition coefficient (Wildman–Crippen LogP) is 11.1. The van der Waals surface area contributed by atoms with Gasteiger partial charge in [-0.1, -0.05) is 115 Å². The summed E-state index contributed by atoms with van der Waals surface area (Å²) in [6, 6.07) is 56.7. The van der Waals surface area contributed by atoms with E-state index in [9.17, 15) is 0 Å². The number of benzene rings is 6. The van der Waals surface area contributed by atoms with Gasteiger partial charge in [-0.2, -0.15) is 0 Å². The van der Waals surface area contributed by atoms with Crippen molar-refractivity contribution in [2.45, 2.75) is 0 Å². The summed E-state index contributed by atoms with van der Waals surface area (Å²) in [5, 5.41) is 2.30. The number of aromatic nitrogens is 3. The molecule has 8 aromatic rings. The van der Waals surface area contributed by atoms with Crippen LogP contribution in [0.5, 0.6) is 0 Å². The first-order chi connectivity index (χ1) is 22.2. The molecule has 0 aliphatic heterocycles. The molecule has 0 N–H and O–H groups in total. The molecule has 4 nitrogen and oxygen atoms in total. The number of rotatable bonds is 6. The SMILES string of the molecule is Brc1ccccc1N(c1ccccc1)c1ccc2c3ccccc3n(-c3nc(-c4ccccc4)cc(-c4ccccc4)n3)c2c1. The maximum atomic E-state index is 5.21. The van der Waals surface area contributed by atoms with Crippen molar-refractivity contribution in [3.8, 4) is 28.5 Å². The highest BCUT2D eigenvalue weighted by molar-refractivity contribution is 9.10. The molecule has 0 atom stereocenters. The van der Waals surface area contributed by atoms with E-state index in [0.29, 0.717) is 5.95 Å². The smallest absolute Gasteiger partial charge is 0.235 e. The first-order valence-corrected chi connectivity index (χ1v) is 15.7. The Morgan fingerprint density at radius 1 is 0.467 bits per heavy atom. The number of fused-ring (bicyclic) bond motifs is 3. The molecule has 0 bridgehead atoms. The van der Waals surface area contributed by atoms with Crippen LogP contribution in [0, 0.1) is 0 Å². The van der Waals surface area contributed by atoms with Crippen LogP contribution < -0.4 is 4.90 Å². The van der Waals surface area contributed by atoms with Crippen LogP contribution in [0.15, 0.2) is 168 Å². The zero-order valence-corrected chi connectivity index (χ0v) is 25.8. The normalized spacial score (nSPS) is 11.2. The molecule has 0 saturated carbocycles. The van der Waals surface area contributed by atoms with Gasteiger partial charge in [-0.05, 0) is 64.5 Å². The molecular formula is C40H27BrN4. The van der Waals surface area contributed by atoms with Crippen molar-refractivity contribution in [2.24, 2.45) is 0 Å². The molecule has 0 radical (unpaired) electrons. The van der Waals surface area contributed by atoms with E-state index in [0.717, 1.165) is 65.9 Å². The van der Waals surface area contributed by atoms with E-state index in [1.54, 1.807) is 0 Å². The van der Waals surface area contributed by atoms with E-state index in [1.165, 1.54) is 0 Å². The Balaban J connectivity index is 1.41. The van der Waals surface area contributed by atoms with Crippen molar-refractivity contribution in [2.75, 3.05) is 4.90 Å². The van der Waals surface area contributed by atoms with Gasteiger partial charge < -0.3 is 4.90 Å². The van der Waals surface area contributed by atoms with Gasteiger partial charge in [0.25, 0.3) is 0 Å². The fourth-order valence-corrected chi connectivity index (χ4v) is 6.46. The first kappa shape index (κ1) is 27.1. The van der Waals surface area contributed by atoms with Crippen molar-refractivity contribution in [1.29, 1.82) is 0 Å². The minimum Gasteiger partial charge on any atom is -0.309 e. The molecule has 5 heteroatoms. The van der Waals surface area contributed by atoms with Gasteiger partial charge in [-0.25, -0.2) is 9.97 Å². The quantitative estimate of drug-likeness (QED) is 0.181. The van der Waals surface area contributed by atoms with E-state index in [-0.39, 0.29) is 0 Å². The molecule has 2 heterocycles. The van der Waals surface area contributed by atoms with Gasteiger partial charge in [0.2, 0.25) is 5.95 Å². The second kappa shape index (κ2) is 11.5. The number of nitrogens with zero attached hydrogens (tertiary/aromatic N) is 4. The summed E-state index contributed by atoms with van der Waals surface area (Å²) < 4.78 is 3.22. The van der Waals surface area contributed by atoms with Crippen LogP contribution in [0.4, 0.5) is 17.1 Å². The molecule has 0 fully saturated rings. The standard InChI is InChI=1S/C40H27BrN4/c41-34-21-11-13-23-38(34)44(30-18-8-3-9-19-30)31-24-25-33-32-20-10-12-22-37(32)45(39(33)26-31)40-42-35(28-14-4-1-5-15-28)27-36(43-40)29-16-6-2-7-17-29/h1-27H. The topological polar surface area (TPSA) is 34.0 Å². The second-order valence-electron chi connectivity index (χ2n) is 10.8. The van der Waals surface area contributed by atoms with Crippen LogP contribution in [0.2, 0.25) is 0 Å². The number of para-hydroxylation sites is 3. The fourth-order valence-electron chi connectivity index (χ4n) is 6.00. The lowest BCUT2D eigenvalue weighted by atomic mass is 10.1. The third-order valence-electron chi connectivity index (χ3n) is 8.08. The maximum absolute atomic E-state index is 5.21. The number of anilines is 3. The molecule has 6 aromatic carbocycles. The van der Waals surface area contributed by atoms with E-state index in [4.69, 9.17) is 9.97 Å². The number of hydrogen-bond acceptors (Lipinski definition) is 3. The highest BCUT2D eigenvalue weighted by Crippen LogP contribution is 2.41. The predicted molar refractivity (Wildman–Crippen MR) is 190 cm³/mol. The summed E-state index contributed by atoms with van der Waals surface area (Å²) in [5.74, 6) is 0.630. The van der Waals surface area contributed by atoms with Crippen molar-refractivity contribution in [1.82, 2.24) is 14.5 Å². The van der Waals surface area contributed by atoms with E-state index < -0.39 is 0 Å². The van der Waals surface area contributed by atoms with Gasteiger partial charge in [-0.15, -0.1) is 0 Å². The molecule has 0 amide bonds. The third-order valence-corrected chi connectivity index (χ3v) is 8.75. The second-order valence-corrected chi connectivity index (χ2v) is 11.7. The highest BCUT2D eigenvalue weighted by atomic mass is 79.9. The number of hydrogen-bond donors (Lipinski definition) is 0. The first-order valence-electron chi connectivity index (χ1n) is 14.9. The van der Waals surface area contributed by atoms with Crippen LogP contribution in [0.3, 0.4) is 0 Å². The molecule has 2 aromatic heterocycles. The summed E-state index contributed by atoms with van der Waals surface area (Å²) in [5.41, 5.74) is 9.09. The monoisotopic (exact) mass is 642 g/mol. The zero-order chi connectivity index (χ0) is 30.2. The van der Waals surface area contributed by atoms with Crippen LogP contribution in [-0.4, -0.2) is 14.5 Å². The Kier molecular flexibility index (Phi) is 6.93. The summed E-state index contributed by atoms with van der Waals surface area (Å²) in [7, 11) is 0. The Labute approximate surface area is 270 Å². The van der Waals surface area contributed by atoms with Gasteiger partial charge in [-0.3, -0.25) is 4.57 Å². The minimum absolute atomic E-state index is 0.630. The lowest BCUT2D eigenvalue weighted by molar-refractivity contribution is 0.995. The van der Waals surface area contributed by atoms with Crippen LogP contribution >= 0.6 is 15.9 Å². The summed E-state index contributed by atoms with van der Waals surface area (Å²) in [6.07, 6.45) is 0. The van der Waals surface area contributed by atoms with Crippen LogP contribution in [-0.2, 0) is 0 Å². The zero-order valence-electron chi connectivity index (χ0n) is 24.3. The Morgan fingerprint density at radius 3 is 1.69 bits per heavy atom. The Hall–Kier alpha value is -5.52. The lowest BCUT2D eigenvalue weighted by Gasteiger charge is -2.26. The summed E-state index contributed by atoms with van der Waals surface area (Å²) in [4.78, 5) is 12.7. The molecule has 0 unspecified atom stereocenters. The molecule has 0 saturated heterocycles. The maximum Gasteiger partial charge on any atom is 0.235 e. The fraction of sp³-hybridized carbons (Fsp3) is 0. The van der Waals surface area contributed by atoms with Gasteiger partial charge in [0, 0.05) is 37.7 Å². The minimum atomic E-state index is 0.630. The van der Waals surface area contributed by atoms with E-state index in [2.05, 4.69) is 141 Å². The lowest BCUT2D eigenvalue weighted by Crippen LogP contribution is -2.10. The average Bonchev–Trinajstić information content (AvgIpc) is 3.44. The molecule has 0 aliphatic carbocycles. The Bertz CT molecular complexity index is 2220. The largest absolute Gasteiger partial charge is 0.309 e. The molecule has 45 heavy (non-hydrogen) atoms. The molecular weight excluding hydrogens is 616 g/mol. The summed E-state index contributed by atoms with van der Waals surface area (Å²) >= 11 is 3.81. The van der Waals surface area contributed by atoms with Crippen LogP contribution in [0.25, 0.3) is 50.3 Å². The van der Waals surface area contributed by atoms with Crippen molar-refractivity contribution < 1.29 is 0 Å². The third kappa shape index (κ3) is 4.97. The molecule has 0 aliphatic rings. The summed E-state index contributed by atoms with van der Waals surface area (Å²) in [6.45, 7) is 0. The highest BCUT2D eigenvalue weighted by Gasteiger charge is 2.20. The molecule has 0 spiro atoms. The van der Waals surface area contributed by atoms with Gasteiger partial charge in [0.05, 0.1) is 28.1 Å². The van der Waals surface area contributed by atoms with Crippen molar-refractivity contribution >= 4 is 54.8 Å². The number of halogens is 1. The van der Waals surface area contributed by atoms with E-state index >= 15 is 0 Å². The average molecular weight is 644 g/mol. The van der Waals surface area contributed by atoms with Crippen molar-refractivity contribution in [3.63, 3.8) is 0 Å². The van der Waals surface area contributed by atoms with E-state index in [1.807, 2.05) is 48.5 Å². The van der Waals surface area contributed by atoms with Gasteiger partial charge >= 0.3 is 0 Å². The molecule has 8 rings (SSSR count). The van der Waals surface area contributed by atoms with Gasteiger partial charge in [0.1, 0.15) is 0 Å². The molecule has 214 valence electrons. The van der Waals surface area contributed by atoms with Gasteiger partial charge in [0.15, 0.2) is 0 Å². The van der Waals surface area contributed by atoms with Crippen molar-refractivity contribution in [3.05, 3.63) is 168 Å². The Morgan fingerprint density at radius 2 is 1.02 bits per heavy atom.